The van der Waals surface area contributed by atoms with E-state index in [0.29, 0.717) is 36.9 Å². The number of likely N-dealkylation sites (tertiary alicyclic amines) is 1. The van der Waals surface area contributed by atoms with Gasteiger partial charge in [0.15, 0.2) is 5.69 Å². The largest absolute Gasteiger partial charge is 0.435 e. The summed E-state index contributed by atoms with van der Waals surface area (Å²) in [4.78, 5) is 27.4. The summed E-state index contributed by atoms with van der Waals surface area (Å²) >= 11 is 0. The van der Waals surface area contributed by atoms with Crippen molar-refractivity contribution in [3.05, 3.63) is 59.6 Å². The van der Waals surface area contributed by atoms with Crippen LogP contribution in [0.15, 0.2) is 40.9 Å². The van der Waals surface area contributed by atoms with Crippen molar-refractivity contribution in [2.24, 2.45) is 0 Å². The van der Waals surface area contributed by atoms with Gasteiger partial charge >= 0.3 is 6.18 Å². The Balaban J connectivity index is 1.28. The van der Waals surface area contributed by atoms with Gasteiger partial charge in [0.05, 0.1) is 23.2 Å². The number of rotatable bonds is 9. The van der Waals surface area contributed by atoms with Crippen molar-refractivity contribution < 1.29 is 27.2 Å². The molecular weight excluding hydrogens is 501 g/mol. The Morgan fingerprint density at radius 1 is 1.16 bits per heavy atom. The van der Waals surface area contributed by atoms with E-state index in [9.17, 15) is 22.8 Å². The minimum absolute atomic E-state index is 0.0291. The van der Waals surface area contributed by atoms with Crippen LogP contribution in [0.5, 0.6) is 0 Å². The SMILES string of the molecule is CC(C)c1nnc([C@H]2CC[C@@H](C(=O)CCCNC(=O)c3cn(-c4ccccc4)nc3C(F)(F)F)N(C)C2)o1. The minimum atomic E-state index is -4.79. The Kier molecular flexibility index (Phi) is 8.29. The molecule has 1 amide bonds. The van der Waals surface area contributed by atoms with Gasteiger partial charge in [-0.3, -0.25) is 14.5 Å². The Bertz CT molecular complexity index is 1250. The molecule has 0 radical (unpaired) electrons. The van der Waals surface area contributed by atoms with Crippen LogP contribution >= 0.6 is 0 Å². The van der Waals surface area contributed by atoms with E-state index < -0.39 is 23.3 Å². The topological polar surface area (TPSA) is 106 Å². The molecule has 1 saturated heterocycles. The number of alkyl halides is 3. The second kappa shape index (κ2) is 11.5. The molecule has 1 aliphatic heterocycles. The second-order valence-electron chi connectivity index (χ2n) is 9.86. The normalized spacial score (nSPS) is 18.6. The lowest BCUT2D eigenvalue weighted by atomic mass is 9.90. The van der Waals surface area contributed by atoms with Crippen LogP contribution in [-0.4, -0.2) is 62.7 Å². The molecular formula is C26H31F3N6O3. The zero-order valence-corrected chi connectivity index (χ0v) is 21.5. The number of nitrogens with one attached hydrogen (secondary N) is 1. The number of hydrogen-bond donors (Lipinski definition) is 1. The lowest BCUT2D eigenvalue weighted by Gasteiger charge is -2.35. The van der Waals surface area contributed by atoms with Gasteiger partial charge < -0.3 is 9.73 Å². The van der Waals surface area contributed by atoms with Crippen molar-refractivity contribution in [1.29, 1.82) is 0 Å². The average Bonchev–Trinajstić information content (AvgIpc) is 3.55. The number of amides is 1. The number of carbonyl (C=O) groups is 2. The van der Waals surface area contributed by atoms with E-state index in [-0.39, 0.29) is 36.6 Å². The number of ketones is 1. The number of likely N-dealkylation sites (N-methyl/N-ethyl adjacent to an activating group) is 1. The number of aromatic nitrogens is 4. The van der Waals surface area contributed by atoms with Crippen molar-refractivity contribution in [1.82, 2.24) is 30.2 Å². The van der Waals surface area contributed by atoms with Gasteiger partial charge in [-0.05, 0) is 38.4 Å². The van der Waals surface area contributed by atoms with Crippen LogP contribution < -0.4 is 5.32 Å². The number of piperidine rings is 1. The lowest BCUT2D eigenvalue weighted by molar-refractivity contribution is -0.141. The van der Waals surface area contributed by atoms with Crippen LogP contribution in [0.25, 0.3) is 5.69 Å². The maximum Gasteiger partial charge on any atom is 0.435 e. The van der Waals surface area contributed by atoms with Gasteiger partial charge in [-0.15, -0.1) is 10.2 Å². The molecule has 0 unspecified atom stereocenters. The highest BCUT2D eigenvalue weighted by atomic mass is 19.4. The number of nitrogens with zero attached hydrogens (tertiary/aromatic N) is 5. The molecule has 0 bridgehead atoms. The third kappa shape index (κ3) is 6.29. The fourth-order valence-corrected chi connectivity index (χ4v) is 4.59. The summed E-state index contributed by atoms with van der Waals surface area (Å²) in [6, 6.07) is 7.98. The van der Waals surface area contributed by atoms with Crippen molar-refractivity contribution in [3.63, 3.8) is 0 Å². The number of benzene rings is 1. The first-order valence-electron chi connectivity index (χ1n) is 12.6. The molecule has 4 rings (SSSR count). The van der Waals surface area contributed by atoms with Gasteiger partial charge in [-0.1, -0.05) is 32.0 Å². The Labute approximate surface area is 218 Å². The minimum Gasteiger partial charge on any atom is -0.425 e. The number of halogens is 3. The molecule has 2 aromatic heterocycles. The molecule has 2 atom stereocenters. The monoisotopic (exact) mass is 532 g/mol. The van der Waals surface area contributed by atoms with Gasteiger partial charge in [0, 0.05) is 31.6 Å². The fraction of sp³-hybridized carbons (Fsp3) is 0.500. The van der Waals surface area contributed by atoms with Gasteiger partial charge in [-0.2, -0.15) is 18.3 Å². The van der Waals surface area contributed by atoms with E-state index in [4.69, 9.17) is 4.42 Å². The van der Waals surface area contributed by atoms with Crippen LogP contribution in [0.1, 0.15) is 79.2 Å². The quantitative estimate of drug-likeness (QED) is 0.408. The fourth-order valence-electron chi connectivity index (χ4n) is 4.59. The number of carbonyl (C=O) groups excluding carboxylic acids is 2. The van der Waals surface area contributed by atoms with E-state index in [2.05, 4.69) is 20.6 Å². The third-order valence-electron chi connectivity index (χ3n) is 6.63. The summed E-state index contributed by atoms with van der Waals surface area (Å²) in [5.41, 5.74) is -1.41. The Morgan fingerprint density at radius 2 is 1.89 bits per heavy atom. The standard InChI is InChI=1S/C26H31F3N6O3/c1-16(2)24-31-32-25(38-24)17-11-12-20(34(3)14-17)21(36)10-7-13-30-23(37)19-15-35(18-8-5-4-6-9-18)33-22(19)26(27,28)29/h4-6,8-9,15-17,20H,7,10-14H2,1-3H3,(H,30,37)/t17-,20-/m0/s1. The van der Waals surface area contributed by atoms with Gasteiger partial charge in [0.25, 0.3) is 5.91 Å². The van der Waals surface area contributed by atoms with E-state index in [1.165, 1.54) is 0 Å². The van der Waals surface area contributed by atoms with Gasteiger partial charge in [0.2, 0.25) is 11.8 Å². The summed E-state index contributed by atoms with van der Waals surface area (Å²) < 4.78 is 47.4. The third-order valence-corrected chi connectivity index (χ3v) is 6.63. The first-order valence-corrected chi connectivity index (χ1v) is 12.6. The average molecular weight is 533 g/mol. The molecule has 0 saturated carbocycles. The second-order valence-corrected chi connectivity index (χ2v) is 9.86. The molecule has 1 N–H and O–H groups in total. The van der Waals surface area contributed by atoms with Crippen LogP contribution in [0.2, 0.25) is 0 Å². The molecule has 204 valence electrons. The molecule has 3 aromatic rings. The summed E-state index contributed by atoms with van der Waals surface area (Å²) in [7, 11) is 1.87. The van der Waals surface area contributed by atoms with Crippen LogP contribution in [0.4, 0.5) is 13.2 Å². The maximum absolute atomic E-state index is 13.5. The lowest BCUT2D eigenvalue weighted by Crippen LogP contribution is -2.44. The van der Waals surface area contributed by atoms with Crippen LogP contribution in [0.3, 0.4) is 0 Å². The highest BCUT2D eigenvalue weighted by Gasteiger charge is 2.39. The van der Waals surface area contributed by atoms with Gasteiger partial charge in [-0.25, -0.2) is 4.68 Å². The van der Waals surface area contributed by atoms with Gasteiger partial charge in [0.1, 0.15) is 5.78 Å². The predicted molar refractivity (Wildman–Crippen MR) is 132 cm³/mol. The number of para-hydroxylation sites is 1. The van der Waals surface area contributed by atoms with Crippen LogP contribution in [-0.2, 0) is 11.0 Å². The molecule has 0 spiro atoms. The first kappa shape index (κ1) is 27.5. The molecule has 38 heavy (non-hydrogen) atoms. The van der Waals surface area contributed by atoms with Crippen LogP contribution in [0, 0.1) is 0 Å². The highest BCUT2D eigenvalue weighted by Crippen LogP contribution is 2.32. The van der Waals surface area contributed by atoms with E-state index >= 15 is 0 Å². The van der Waals surface area contributed by atoms with Crippen molar-refractivity contribution in [3.8, 4) is 5.69 Å². The maximum atomic E-state index is 13.5. The molecule has 1 aromatic carbocycles. The summed E-state index contributed by atoms with van der Waals surface area (Å²) in [5.74, 6) is 0.530. The van der Waals surface area contributed by atoms with E-state index in [0.717, 1.165) is 17.3 Å². The smallest absolute Gasteiger partial charge is 0.425 e. The van der Waals surface area contributed by atoms with E-state index in [1.54, 1.807) is 30.3 Å². The Morgan fingerprint density at radius 3 is 2.53 bits per heavy atom. The molecule has 3 heterocycles. The van der Waals surface area contributed by atoms with Crippen molar-refractivity contribution >= 4 is 11.7 Å². The Hall–Kier alpha value is -3.54. The summed E-state index contributed by atoms with van der Waals surface area (Å²) in [6.45, 7) is 4.64. The molecule has 12 heteroatoms. The van der Waals surface area contributed by atoms with E-state index in [1.807, 2.05) is 25.8 Å². The number of hydrogen-bond acceptors (Lipinski definition) is 7. The molecule has 0 aliphatic carbocycles. The zero-order valence-electron chi connectivity index (χ0n) is 21.5. The first-order chi connectivity index (χ1) is 18.0. The van der Waals surface area contributed by atoms with Crippen molar-refractivity contribution in [2.75, 3.05) is 20.1 Å². The summed E-state index contributed by atoms with van der Waals surface area (Å²) in [6.07, 6.45) is -1.83. The predicted octanol–water partition coefficient (Wildman–Crippen LogP) is 4.35. The van der Waals surface area contributed by atoms with Crippen molar-refractivity contribution in [2.45, 2.75) is 63.6 Å². The molecule has 1 aliphatic rings. The molecule has 9 nitrogen and oxygen atoms in total. The number of Topliss-reactive ketones (excluding diaryl/α,β-unsaturated/α-hetero) is 1. The zero-order chi connectivity index (χ0) is 27.4. The molecule has 1 fully saturated rings. The highest BCUT2D eigenvalue weighted by molar-refractivity contribution is 5.95. The summed E-state index contributed by atoms with van der Waals surface area (Å²) in [5, 5.41) is 14.3.